The van der Waals surface area contributed by atoms with E-state index in [1.165, 1.54) is 17.3 Å². The summed E-state index contributed by atoms with van der Waals surface area (Å²) in [7, 11) is 0. The first kappa shape index (κ1) is 19.7. The van der Waals surface area contributed by atoms with Gasteiger partial charge in [-0.2, -0.15) is 5.10 Å². The molecule has 0 radical (unpaired) electrons. The molecule has 1 atom stereocenters. The fourth-order valence-corrected chi connectivity index (χ4v) is 3.66. The number of rotatable bonds is 8. The molecule has 0 aliphatic carbocycles. The largest absolute Gasteiger partial charge is 0.350 e. The summed E-state index contributed by atoms with van der Waals surface area (Å²) in [5.74, 6) is -0.0762. The molecular weight excluding hydrogens is 374 g/mol. The van der Waals surface area contributed by atoms with E-state index in [1.54, 1.807) is 6.92 Å². The molecule has 0 spiro atoms. The van der Waals surface area contributed by atoms with Crippen molar-refractivity contribution in [1.29, 1.82) is 0 Å². The summed E-state index contributed by atoms with van der Waals surface area (Å²) in [4.78, 5) is 16.9. The summed E-state index contributed by atoms with van der Waals surface area (Å²) in [5.41, 5.74) is 1.95. The molecule has 3 aromatic carbocycles. The van der Waals surface area contributed by atoms with Crippen LogP contribution in [0, 0.1) is 0 Å². The molecule has 0 amide bonds. The van der Waals surface area contributed by atoms with Gasteiger partial charge in [-0.05, 0) is 23.6 Å². The number of benzene rings is 3. The minimum atomic E-state index is -0.929. The molecule has 0 saturated carbocycles. The van der Waals surface area contributed by atoms with Crippen LogP contribution in [-0.2, 0) is 21.7 Å². The third kappa shape index (κ3) is 3.93. The Kier molecular flexibility index (Phi) is 5.82. The predicted octanol–water partition coefficient (Wildman–Crippen LogP) is 4.24. The van der Waals surface area contributed by atoms with Gasteiger partial charge in [0.15, 0.2) is 5.78 Å². The van der Waals surface area contributed by atoms with E-state index in [0.29, 0.717) is 0 Å². The van der Waals surface area contributed by atoms with Crippen LogP contribution >= 0.6 is 0 Å². The molecule has 0 aliphatic heterocycles. The molecule has 5 nitrogen and oxygen atoms in total. The van der Waals surface area contributed by atoms with Gasteiger partial charge in [0.2, 0.25) is 0 Å². The Hall–Kier alpha value is -3.57. The third-order valence-corrected chi connectivity index (χ3v) is 5.13. The first-order valence-corrected chi connectivity index (χ1v) is 9.89. The van der Waals surface area contributed by atoms with Gasteiger partial charge in [0.05, 0.1) is 0 Å². The van der Waals surface area contributed by atoms with Gasteiger partial charge >= 0.3 is 0 Å². The molecule has 0 aliphatic rings. The first-order valence-electron chi connectivity index (χ1n) is 9.89. The molecule has 0 bridgehead atoms. The van der Waals surface area contributed by atoms with Crippen molar-refractivity contribution in [2.24, 2.45) is 0 Å². The Morgan fingerprint density at radius 1 is 0.867 bits per heavy atom. The minimum absolute atomic E-state index is 0.0762. The Morgan fingerprint density at radius 2 is 1.33 bits per heavy atom. The quantitative estimate of drug-likeness (QED) is 0.417. The number of Topliss-reactive ketones (excluding diaryl/α,β-unsaturated/α-hetero) is 1. The average molecular weight is 397 g/mol. The summed E-state index contributed by atoms with van der Waals surface area (Å²) >= 11 is 0. The first-order chi connectivity index (χ1) is 14.7. The van der Waals surface area contributed by atoms with Crippen LogP contribution in [0.2, 0.25) is 0 Å². The third-order valence-electron chi connectivity index (χ3n) is 5.13. The van der Waals surface area contributed by atoms with Crippen LogP contribution in [0.4, 0.5) is 0 Å². The maximum absolute atomic E-state index is 13.0. The highest BCUT2D eigenvalue weighted by molar-refractivity contribution is 5.82. The molecule has 4 aromatic rings. The second kappa shape index (κ2) is 8.84. The summed E-state index contributed by atoms with van der Waals surface area (Å²) in [6.07, 6.45) is 2.28. The highest BCUT2D eigenvalue weighted by Gasteiger charge is 2.40. The van der Waals surface area contributed by atoms with Gasteiger partial charge in [-0.25, -0.2) is 9.67 Å². The second-order valence-electron chi connectivity index (χ2n) is 7.10. The number of aromatic nitrogens is 3. The standard InChI is InChI=1S/C25H23N3O2/c1-20(24(29)17-28-19-26-18-27-28)30-25(21-11-5-2-6-12-21,22-13-7-3-8-14-22)23-15-9-4-10-16-23/h2-16,18-20H,17H2,1H3/t20-/m1/s1. The van der Waals surface area contributed by atoms with Gasteiger partial charge < -0.3 is 4.74 Å². The van der Waals surface area contributed by atoms with E-state index in [9.17, 15) is 4.79 Å². The highest BCUT2D eigenvalue weighted by atomic mass is 16.5. The molecule has 30 heavy (non-hydrogen) atoms. The highest BCUT2D eigenvalue weighted by Crippen LogP contribution is 2.41. The maximum Gasteiger partial charge on any atom is 0.182 e. The predicted molar refractivity (Wildman–Crippen MR) is 115 cm³/mol. The number of carbonyl (C=O) groups is 1. The van der Waals surface area contributed by atoms with Crippen molar-refractivity contribution < 1.29 is 9.53 Å². The van der Waals surface area contributed by atoms with E-state index in [0.717, 1.165) is 16.7 Å². The second-order valence-corrected chi connectivity index (χ2v) is 7.10. The lowest BCUT2D eigenvalue weighted by Crippen LogP contribution is -2.39. The molecule has 0 fully saturated rings. The number of hydrogen-bond donors (Lipinski definition) is 0. The molecule has 150 valence electrons. The van der Waals surface area contributed by atoms with Crippen LogP contribution in [-0.4, -0.2) is 26.7 Å². The smallest absolute Gasteiger partial charge is 0.182 e. The number of ether oxygens (including phenoxy) is 1. The van der Waals surface area contributed by atoms with Crippen LogP contribution in [0.25, 0.3) is 0 Å². The fraction of sp³-hybridized carbons (Fsp3) is 0.160. The van der Waals surface area contributed by atoms with Crippen molar-refractivity contribution in [1.82, 2.24) is 14.8 Å². The molecule has 0 N–H and O–H groups in total. The number of nitrogens with zero attached hydrogens (tertiary/aromatic N) is 3. The number of carbonyl (C=O) groups excluding carboxylic acids is 1. The van der Waals surface area contributed by atoms with Crippen molar-refractivity contribution in [2.75, 3.05) is 0 Å². The van der Waals surface area contributed by atoms with E-state index in [4.69, 9.17) is 4.74 Å². The van der Waals surface area contributed by atoms with E-state index >= 15 is 0 Å². The van der Waals surface area contributed by atoms with Crippen LogP contribution in [0.3, 0.4) is 0 Å². The van der Waals surface area contributed by atoms with Crippen LogP contribution in [0.5, 0.6) is 0 Å². The van der Waals surface area contributed by atoms with Gasteiger partial charge in [-0.15, -0.1) is 0 Å². The molecular formula is C25H23N3O2. The topological polar surface area (TPSA) is 57.0 Å². The lowest BCUT2D eigenvalue weighted by Gasteiger charge is -2.37. The van der Waals surface area contributed by atoms with Crippen molar-refractivity contribution >= 4 is 5.78 Å². The molecule has 4 rings (SSSR count). The van der Waals surface area contributed by atoms with Gasteiger partial charge in [0, 0.05) is 0 Å². The molecule has 5 heteroatoms. The summed E-state index contributed by atoms with van der Waals surface area (Å²) in [6, 6.07) is 30.1. The summed E-state index contributed by atoms with van der Waals surface area (Å²) in [5, 5.41) is 4.04. The zero-order valence-corrected chi connectivity index (χ0v) is 16.8. The summed E-state index contributed by atoms with van der Waals surface area (Å²) < 4.78 is 8.21. The van der Waals surface area contributed by atoms with Gasteiger partial charge in [0.1, 0.15) is 30.9 Å². The van der Waals surface area contributed by atoms with E-state index < -0.39 is 11.7 Å². The van der Waals surface area contributed by atoms with Crippen molar-refractivity contribution in [2.45, 2.75) is 25.2 Å². The normalized spacial score (nSPS) is 12.4. The fourth-order valence-electron chi connectivity index (χ4n) is 3.66. The lowest BCUT2D eigenvalue weighted by molar-refractivity contribution is -0.137. The molecule has 1 aromatic heterocycles. The summed E-state index contributed by atoms with van der Waals surface area (Å²) in [6.45, 7) is 1.90. The number of ketones is 1. The van der Waals surface area contributed by atoms with Crippen LogP contribution in [0.15, 0.2) is 104 Å². The van der Waals surface area contributed by atoms with E-state index in [-0.39, 0.29) is 12.3 Å². The van der Waals surface area contributed by atoms with Crippen LogP contribution in [0.1, 0.15) is 23.6 Å². The zero-order chi connectivity index (χ0) is 20.8. The van der Waals surface area contributed by atoms with Gasteiger partial charge in [-0.3, -0.25) is 4.79 Å². The molecule has 0 unspecified atom stereocenters. The Bertz CT molecular complexity index is 969. The van der Waals surface area contributed by atoms with E-state index in [1.807, 2.05) is 91.0 Å². The minimum Gasteiger partial charge on any atom is -0.350 e. The zero-order valence-electron chi connectivity index (χ0n) is 16.8. The van der Waals surface area contributed by atoms with Crippen molar-refractivity contribution in [3.05, 3.63) is 120 Å². The Morgan fingerprint density at radius 3 is 1.73 bits per heavy atom. The Balaban J connectivity index is 1.81. The van der Waals surface area contributed by atoms with Crippen LogP contribution < -0.4 is 0 Å². The number of hydrogen-bond acceptors (Lipinski definition) is 4. The van der Waals surface area contributed by atoms with Crippen molar-refractivity contribution in [3.8, 4) is 0 Å². The van der Waals surface area contributed by atoms with Gasteiger partial charge in [-0.1, -0.05) is 91.0 Å². The van der Waals surface area contributed by atoms with E-state index in [2.05, 4.69) is 10.1 Å². The monoisotopic (exact) mass is 397 g/mol. The Labute approximate surface area is 176 Å². The van der Waals surface area contributed by atoms with Gasteiger partial charge in [0.25, 0.3) is 0 Å². The maximum atomic E-state index is 13.0. The molecule has 1 heterocycles. The SMILES string of the molecule is C[C@@H](OC(c1ccccc1)(c1ccccc1)c1ccccc1)C(=O)Cn1cncn1. The lowest BCUT2D eigenvalue weighted by atomic mass is 9.80. The van der Waals surface area contributed by atoms with Crippen molar-refractivity contribution in [3.63, 3.8) is 0 Å². The molecule has 0 saturated heterocycles. The average Bonchev–Trinajstić information content (AvgIpc) is 3.32.